The minimum atomic E-state index is -3.84. The summed E-state index contributed by atoms with van der Waals surface area (Å²) in [6, 6.07) is 10.7. The molecule has 2 aromatic carbocycles. The van der Waals surface area contributed by atoms with Crippen molar-refractivity contribution in [1.29, 1.82) is 0 Å². The lowest BCUT2D eigenvalue weighted by Gasteiger charge is -2.13. The number of rotatable bonds is 7. The van der Waals surface area contributed by atoms with Crippen LogP contribution in [-0.4, -0.2) is 27.1 Å². The van der Waals surface area contributed by atoms with E-state index in [1.54, 1.807) is 12.1 Å². The van der Waals surface area contributed by atoms with Crippen molar-refractivity contribution in [3.05, 3.63) is 42.0 Å². The number of thiazole rings is 1. The highest BCUT2D eigenvalue weighted by molar-refractivity contribution is 7.93. The molecule has 6 nitrogen and oxygen atoms in total. The van der Waals surface area contributed by atoms with Crippen LogP contribution in [0.1, 0.15) is 32.3 Å². The average Bonchev–Trinajstić information content (AvgIpc) is 3.02. The summed E-state index contributed by atoms with van der Waals surface area (Å²) in [4.78, 5) is 4.47. The molecule has 0 amide bonds. The van der Waals surface area contributed by atoms with Gasteiger partial charge in [0.2, 0.25) is 0 Å². The van der Waals surface area contributed by atoms with E-state index in [1.807, 2.05) is 45.0 Å². The van der Waals surface area contributed by atoms with E-state index in [0.29, 0.717) is 23.0 Å². The van der Waals surface area contributed by atoms with Crippen molar-refractivity contribution in [1.82, 2.24) is 4.98 Å². The van der Waals surface area contributed by atoms with Crippen LogP contribution in [0.3, 0.4) is 0 Å². The van der Waals surface area contributed by atoms with Crippen molar-refractivity contribution in [2.45, 2.75) is 31.6 Å². The lowest BCUT2D eigenvalue weighted by Crippen LogP contribution is -2.14. The van der Waals surface area contributed by atoms with E-state index < -0.39 is 10.0 Å². The van der Waals surface area contributed by atoms with Crippen LogP contribution >= 0.6 is 11.3 Å². The maximum absolute atomic E-state index is 13.0. The normalized spacial score (nSPS) is 11.7. The molecule has 1 heterocycles. The van der Waals surface area contributed by atoms with Crippen molar-refractivity contribution in [3.8, 4) is 11.5 Å². The molecule has 0 saturated heterocycles. The number of aromatic nitrogens is 1. The first-order valence-electron chi connectivity index (χ1n) is 8.58. The third-order valence-corrected chi connectivity index (χ3v) is 6.46. The molecule has 0 fully saturated rings. The molecule has 0 aliphatic carbocycles. The zero-order chi connectivity index (χ0) is 19.6. The van der Waals surface area contributed by atoms with E-state index >= 15 is 0 Å². The van der Waals surface area contributed by atoms with Gasteiger partial charge in [0.25, 0.3) is 10.0 Å². The lowest BCUT2D eigenvalue weighted by molar-refractivity contribution is 0.341. The first-order valence-corrected chi connectivity index (χ1v) is 10.9. The maximum Gasteiger partial charge on any atom is 0.267 e. The van der Waals surface area contributed by atoms with Crippen LogP contribution in [-0.2, 0) is 10.0 Å². The predicted octanol–water partition coefficient (Wildman–Crippen LogP) is 4.63. The SMILES string of the molecule is CCOc1ccc2nc(NS(=O)(=O)c3cc(C(C)C)ccc3OC)sc2c1. The number of hydrogen-bond acceptors (Lipinski definition) is 6. The van der Waals surface area contributed by atoms with Crippen molar-refractivity contribution in [3.63, 3.8) is 0 Å². The molecule has 8 heteroatoms. The smallest absolute Gasteiger partial charge is 0.267 e. The Kier molecular flexibility index (Phi) is 5.57. The Morgan fingerprint density at radius 2 is 1.96 bits per heavy atom. The van der Waals surface area contributed by atoms with Gasteiger partial charge in [-0.25, -0.2) is 13.4 Å². The summed E-state index contributed by atoms with van der Waals surface area (Å²) < 4.78 is 40.1. The van der Waals surface area contributed by atoms with Gasteiger partial charge in [-0.15, -0.1) is 0 Å². The third-order valence-electron chi connectivity index (χ3n) is 4.04. The van der Waals surface area contributed by atoms with Gasteiger partial charge in [-0.2, -0.15) is 0 Å². The number of benzene rings is 2. The van der Waals surface area contributed by atoms with Crippen LogP contribution in [0.25, 0.3) is 10.2 Å². The molecule has 0 saturated carbocycles. The maximum atomic E-state index is 13.0. The summed E-state index contributed by atoms with van der Waals surface area (Å²) in [6.45, 7) is 6.50. The van der Waals surface area contributed by atoms with Gasteiger partial charge in [0, 0.05) is 0 Å². The second-order valence-electron chi connectivity index (χ2n) is 6.25. The monoisotopic (exact) mass is 406 g/mol. The number of methoxy groups -OCH3 is 1. The Labute approximate surface area is 163 Å². The highest BCUT2D eigenvalue weighted by Gasteiger charge is 2.22. The predicted molar refractivity (Wildman–Crippen MR) is 109 cm³/mol. The summed E-state index contributed by atoms with van der Waals surface area (Å²) in [6.07, 6.45) is 0. The largest absolute Gasteiger partial charge is 0.495 e. The Morgan fingerprint density at radius 3 is 2.63 bits per heavy atom. The van der Waals surface area contributed by atoms with Crippen LogP contribution in [0.5, 0.6) is 11.5 Å². The molecular formula is C19H22N2O4S2. The van der Waals surface area contributed by atoms with Gasteiger partial charge >= 0.3 is 0 Å². The molecule has 0 bridgehead atoms. The number of anilines is 1. The summed E-state index contributed by atoms with van der Waals surface area (Å²) in [5, 5.41) is 0.302. The van der Waals surface area contributed by atoms with E-state index in [4.69, 9.17) is 9.47 Å². The topological polar surface area (TPSA) is 77.5 Å². The summed E-state index contributed by atoms with van der Waals surface area (Å²) >= 11 is 1.26. The number of ether oxygens (including phenoxy) is 2. The fourth-order valence-corrected chi connectivity index (χ4v) is 4.97. The molecule has 0 atom stereocenters. The van der Waals surface area contributed by atoms with Crippen molar-refractivity contribution in [2.75, 3.05) is 18.4 Å². The van der Waals surface area contributed by atoms with E-state index in [2.05, 4.69) is 9.71 Å². The summed E-state index contributed by atoms with van der Waals surface area (Å²) in [5.41, 5.74) is 1.63. The minimum Gasteiger partial charge on any atom is -0.495 e. The second-order valence-corrected chi connectivity index (χ2v) is 8.93. The van der Waals surface area contributed by atoms with Crippen molar-refractivity contribution >= 4 is 36.7 Å². The Morgan fingerprint density at radius 1 is 1.19 bits per heavy atom. The average molecular weight is 407 g/mol. The number of nitrogens with one attached hydrogen (secondary N) is 1. The van der Waals surface area contributed by atoms with Crippen LogP contribution in [0.15, 0.2) is 41.3 Å². The molecule has 0 radical (unpaired) electrons. The number of nitrogens with zero attached hydrogens (tertiary/aromatic N) is 1. The van der Waals surface area contributed by atoms with Gasteiger partial charge in [-0.1, -0.05) is 31.3 Å². The Balaban J connectivity index is 1.97. The molecular weight excluding hydrogens is 384 g/mol. The van der Waals surface area contributed by atoms with Crippen molar-refractivity contribution in [2.24, 2.45) is 0 Å². The van der Waals surface area contributed by atoms with E-state index in [-0.39, 0.29) is 10.8 Å². The van der Waals surface area contributed by atoms with E-state index in [1.165, 1.54) is 18.4 Å². The summed E-state index contributed by atoms with van der Waals surface area (Å²) in [7, 11) is -2.38. The fourth-order valence-electron chi connectivity index (χ4n) is 2.64. The van der Waals surface area contributed by atoms with Crippen LogP contribution in [0.2, 0.25) is 0 Å². The first kappa shape index (κ1) is 19.4. The molecule has 0 spiro atoms. The number of sulfonamides is 1. The third kappa shape index (κ3) is 4.17. The van der Waals surface area contributed by atoms with E-state index in [0.717, 1.165) is 16.0 Å². The van der Waals surface area contributed by atoms with E-state index in [9.17, 15) is 8.42 Å². The molecule has 0 aliphatic heterocycles. The number of hydrogen-bond donors (Lipinski definition) is 1. The molecule has 144 valence electrons. The zero-order valence-corrected chi connectivity index (χ0v) is 17.3. The molecule has 3 aromatic rings. The molecule has 1 N–H and O–H groups in total. The van der Waals surface area contributed by atoms with Crippen LogP contribution < -0.4 is 14.2 Å². The Hall–Kier alpha value is -2.32. The molecule has 1 aromatic heterocycles. The number of fused-ring (bicyclic) bond motifs is 1. The molecule has 0 unspecified atom stereocenters. The Bertz CT molecular complexity index is 1060. The lowest BCUT2D eigenvalue weighted by atomic mass is 10.0. The van der Waals surface area contributed by atoms with Gasteiger partial charge in [0.15, 0.2) is 5.13 Å². The van der Waals surface area contributed by atoms with Gasteiger partial charge in [0.05, 0.1) is 23.9 Å². The van der Waals surface area contributed by atoms with Gasteiger partial charge < -0.3 is 9.47 Å². The highest BCUT2D eigenvalue weighted by atomic mass is 32.2. The first-order chi connectivity index (χ1) is 12.8. The minimum absolute atomic E-state index is 0.102. The highest BCUT2D eigenvalue weighted by Crippen LogP contribution is 2.33. The van der Waals surface area contributed by atoms with Crippen LogP contribution in [0.4, 0.5) is 5.13 Å². The molecule has 3 rings (SSSR count). The van der Waals surface area contributed by atoms with Crippen LogP contribution in [0, 0.1) is 0 Å². The quantitative estimate of drug-likeness (QED) is 0.619. The zero-order valence-electron chi connectivity index (χ0n) is 15.6. The van der Waals surface area contributed by atoms with Gasteiger partial charge in [-0.3, -0.25) is 4.72 Å². The fraction of sp³-hybridized carbons (Fsp3) is 0.316. The van der Waals surface area contributed by atoms with Gasteiger partial charge in [-0.05, 0) is 48.7 Å². The standard InChI is InChI=1S/C19H22N2O4S2/c1-5-25-14-7-8-15-17(11-14)26-19(20-15)21-27(22,23)18-10-13(12(2)3)6-9-16(18)24-4/h6-12H,5H2,1-4H3,(H,20,21). The summed E-state index contributed by atoms with van der Waals surface area (Å²) in [5.74, 6) is 1.23. The molecule has 0 aliphatic rings. The van der Waals surface area contributed by atoms with Gasteiger partial charge in [0.1, 0.15) is 16.4 Å². The second kappa shape index (κ2) is 7.74. The van der Waals surface area contributed by atoms with Crippen molar-refractivity contribution < 1.29 is 17.9 Å². The molecule has 27 heavy (non-hydrogen) atoms.